The first-order chi connectivity index (χ1) is 9.33. The molecule has 0 aliphatic rings. The van der Waals surface area contributed by atoms with Gasteiger partial charge in [-0.3, -0.25) is 0 Å². The molecular weight excluding hydrogens is 250 g/mol. The number of pyridine rings is 1. The third kappa shape index (κ3) is 9.10. The van der Waals surface area contributed by atoms with Crippen LogP contribution < -0.4 is 4.57 Å². The molecule has 19 heavy (non-hydrogen) atoms. The Morgan fingerprint density at radius 1 is 1.00 bits per heavy atom. The Bertz CT molecular complexity index is 325. The molecule has 1 aromatic heterocycles. The van der Waals surface area contributed by atoms with Crippen molar-refractivity contribution in [3.8, 4) is 0 Å². The van der Waals surface area contributed by atoms with Crippen LogP contribution in [0.25, 0.3) is 0 Å². The van der Waals surface area contributed by atoms with Crippen molar-refractivity contribution in [1.29, 1.82) is 0 Å². The Labute approximate surface area is 123 Å². The Balaban J connectivity index is 1.89. The minimum Gasteiger partial charge on any atom is -0.205 e. The van der Waals surface area contributed by atoms with Crippen molar-refractivity contribution in [2.75, 3.05) is 11.5 Å². The lowest BCUT2D eigenvalue weighted by Gasteiger charge is -2.01. The van der Waals surface area contributed by atoms with Crippen LogP contribution in [-0.2, 0) is 6.54 Å². The van der Waals surface area contributed by atoms with E-state index in [2.05, 4.69) is 54.7 Å². The van der Waals surface area contributed by atoms with Crippen molar-refractivity contribution in [2.45, 2.75) is 65.3 Å². The van der Waals surface area contributed by atoms with Gasteiger partial charge in [-0.1, -0.05) is 39.0 Å². The van der Waals surface area contributed by atoms with E-state index in [4.69, 9.17) is 0 Å². The maximum Gasteiger partial charge on any atom is 0.171 e. The number of thioether (sulfide) groups is 1. The zero-order chi connectivity index (χ0) is 13.8. The van der Waals surface area contributed by atoms with Gasteiger partial charge in [-0.2, -0.15) is 11.8 Å². The lowest BCUT2D eigenvalue weighted by atomic mass is 10.1. The van der Waals surface area contributed by atoms with E-state index in [-0.39, 0.29) is 0 Å². The van der Waals surface area contributed by atoms with E-state index in [0.29, 0.717) is 0 Å². The van der Waals surface area contributed by atoms with E-state index in [0.717, 1.165) is 6.54 Å². The van der Waals surface area contributed by atoms with Crippen LogP contribution in [0, 0.1) is 6.92 Å². The molecule has 0 bridgehead atoms. The Kier molecular flexibility index (Phi) is 9.88. The van der Waals surface area contributed by atoms with Gasteiger partial charge in [0, 0.05) is 18.1 Å². The molecule has 0 spiro atoms. The van der Waals surface area contributed by atoms with Gasteiger partial charge in [0.1, 0.15) is 6.54 Å². The molecule has 108 valence electrons. The lowest BCUT2D eigenvalue weighted by molar-refractivity contribution is -0.697. The molecule has 1 nitrogen and oxygen atoms in total. The maximum atomic E-state index is 2.31. The molecule has 0 aromatic carbocycles. The van der Waals surface area contributed by atoms with E-state index in [1.54, 1.807) is 0 Å². The number of hydrogen-bond acceptors (Lipinski definition) is 1. The normalized spacial score (nSPS) is 10.8. The van der Waals surface area contributed by atoms with Gasteiger partial charge in [0.2, 0.25) is 0 Å². The van der Waals surface area contributed by atoms with Crippen molar-refractivity contribution in [2.24, 2.45) is 0 Å². The monoisotopic (exact) mass is 280 g/mol. The molecule has 0 N–H and O–H groups in total. The molecule has 2 heteroatoms. The molecule has 0 aliphatic carbocycles. The molecule has 0 unspecified atom stereocenters. The summed E-state index contributed by atoms with van der Waals surface area (Å²) in [7, 11) is 0. The van der Waals surface area contributed by atoms with E-state index in [1.807, 2.05) is 0 Å². The van der Waals surface area contributed by atoms with Crippen LogP contribution in [-0.4, -0.2) is 11.5 Å². The lowest BCUT2D eigenvalue weighted by Crippen LogP contribution is -2.33. The number of aryl methyl sites for hydroxylation is 2. The number of aromatic nitrogens is 1. The molecule has 0 fully saturated rings. The summed E-state index contributed by atoms with van der Waals surface area (Å²) in [6.45, 7) is 5.59. The predicted octanol–water partition coefficient (Wildman–Crippen LogP) is 4.77. The fraction of sp³-hybridized carbons (Fsp3) is 0.706. The third-order valence-electron chi connectivity index (χ3n) is 3.35. The summed E-state index contributed by atoms with van der Waals surface area (Å²) in [5, 5.41) is 0. The third-order valence-corrected chi connectivity index (χ3v) is 4.51. The zero-order valence-corrected chi connectivity index (χ0v) is 13.6. The molecule has 0 amide bonds. The highest BCUT2D eigenvalue weighted by Crippen LogP contribution is 2.10. The average molecular weight is 281 g/mol. The van der Waals surface area contributed by atoms with Crippen molar-refractivity contribution >= 4 is 11.8 Å². The summed E-state index contributed by atoms with van der Waals surface area (Å²) in [5.74, 6) is 2.65. The second kappa shape index (κ2) is 11.3. The van der Waals surface area contributed by atoms with Gasteiger partial charge in [0.15, 0.2) is 12.4 Å². The molecule has 0 atom stereocenters. The fourth-order valence-corrected chi connectivity index (χ4v) is 3.17. The minimum atomic E-state index is 1.16. The maximum absolute atomic E-state index is 2.31. The summed E-state index contributed by atoms with van der Waals surface area (Å²) < 4.78 is 2.31. The Hall–Kier alpha value is -0.500. The van der Waals surface area contributed by atoms with Crippen molar-refractivity contribution < 1.29 is 4.57 Å². The van der Waals surface area contributed by atoms with E-state index in [1.165, 1.54) is 62.0 Å². The second-order valence-corrected chi connectivity index (χ2v) is 6.58. The SMILES string of the molecule is CCCCCCCCSCCC[n+]1cccc(C)c1. The van der Waals surface area contributed by atoms with Crippen LogP contribution in [0.1, 0.15) is 57.4 Å². The Morgan fingerprint density at radius 3 is 2.53 bits per heavy atom. The number of rotatable bonds is 11. The molecule has 0 radical (unpaired) electrons. The van der Waals surface area contributed by atoms with E-state index in [9.17, 15) is 0 Å². The molecule has 1 rings (SSSR count). The molecule has 0 saturated carbocycles. The van der Waals surface area contributed by atoms with Crippen LogP contribution >= 0.6 is 11.8 Å². The van der Waals surface area contributed by atoms with E-state index >= 15 is 0 Å². The molecule has 0 aliphatic heterocycles. The van der Waals surface area contributed by atoms with E-state index < -0.39 is 0 Å². The number of hydrogen-bond donors (Lipinski definition) is 0. The summed E-state index contributed by atoms with van der Waals surface area (Å²) in [4.78, 5) is 0. The highest BCUT2D eigenvalue weighted by atomic mass is 32.2. The molecule has 0 saturated heterocycles. The van der Waals surface area contributed by atoms with Gasteiger partial charge in [0.25, 0.3) is 0 Å². The first kappa shape index (κ1) is 16.6. The molecule has 1 heterocycles. The number of nitrogens with zero attached hydrogens (tertiary/aromatic N) is 1. The standard InChI is InChI=1S/C17H30NS/c1-3-4-5-6-7-8-14-19-15-10-13-18-12-9-11-17(2)16-18/h9,11-12,16H,3-8,10,13-15H2,1-2H3/q+1. The van der Waals surface area contributed by atoms with Crippen LogP contribution in [0.4, 0.5) is 0 Å². The first-order valence-electron chi connectivity index (χ1n) is 7.86. The first-order valence-corrected chi connectivity index (χ1v) is 9.02. The smallest absolute Gasteiger partial charge is 0.171 e. The summed E-state index contributed by atoms with van der Waals surface area (Å²) in [6, 6.07) is 4.29. The predicted molar refractivity (Wildman–Crippen MR) is 86.7 cm³/mol. The van der Waals surface area contributed by atoms with Crippen molar-refractivity contribution in [1.82, 2.24) is 0 Å². The summed E-state index contributed by atoms with van der Waals surface area (Å²) in [6.07, 6.45) is 14.2. The van der Waals surface area contributed by atoms with Crippen LogP contribution in [0.15, 0.2) is 24.5 Å². The van der Waals surface area contributed by atoms with Gasteiger partial charge >= 0.3 is 0 Å². The summed E-state index contributed by atoms with van der Waals surface area (Å²) >= 11 is 2.13. The van der Waals surface area contributed by atoms with Gasteiger partial charge < -0.3 is 0 Å². The van der Waals surface area contributed by atoms with Crippen LogP contribution in [0.2, 0.25) is 0 Å². The Morgan fingerprint density at radius 2 is 1.74 bits per heavy atom. The highest BCUT2D eigenvalue weighted by Gasteiger charge is 1.99. The minimum absolute atomic E-state index is 1.16. The zero-order valence-electron chi connectivity index (χ0n) is 12.7. The average Bonchev–Trinajstić information content (AvgIpc) is 2.41. The van der Waals surface area contributed by atoms with Gasteiger partial charge in [-0.25, -0.2) is 4.57 Å². The van der Waals surface area contributed by atoms with Crippen molar-refractivity contribution in [3.05, 3.63) is 30.1 Å². The van der Waals surface area contributed by atoms with Gasteiger partial charge in [-0.15, -0.1) is 0 Å². The van der Waals surface area contributed by atoms with Crippen molar-refractivity contribution in [3.63, 3.8) is 0 Å². The fourth-order valence-electron chi connectivity index (χ4n) is 2.23. The van der Waals surface area contributed by atoms with Gasteiger partial charge in [0.05, 0.1) is 0 Å². The summed E-state index contributed by atoms with van der Waals surface area (Å²) in [5.41, 5.74) is 1.35. The molecular formula is C17H30NS+. The quantitative estimate of drug-likeness (QED) is 0.417. The molecule has 1 aromatic rings. The number of unbranched alkanes of at least 4 members (excludes halogenated alkanes) is 5. The van der Waals surface area contributed by atoms with Crippen LogP contribution in [0.3, 0.4) is 0 Å². The second-order valence-electron chi connectivity index (χ2n) is 5.35. The van der Waals surface area contributed by atoms with Crippen LogP contribution in [0.5, 0.6) is 0 Å². The van der Waals surface area contributed by atoms with Gasteiger partial charge in [-0.05, 0) is 30.9 Å². The topological polar surface area (TPSA) is 3.88 Å². The largest absolute Gasteiger partial charge is 0.205 e. The highest BCUT2D eigenvalue weighted by molar-refractivity contribution is 7.99.